The zero-order chi connectivity index (χ0) is 19.3. The third-order valence-corrected chi connectivity index (χ3v) is 6.16. The number of morpholine rings is 1. The molecule has 28 heavy (non-hydrogen) atoms. The minimum Gasteiger partial charge on any atom is -0.378 e. The molecule has 2 aromatic rings. The van der Waals surface area contributed by atoms with Gasteiger partial charge in [-0.1, -0.05) is 0 Å². The highest BCUT2D eigenvalue weighted by Crippen LogP contribution is 2.24. The molecule has 8 heteroatoms. The van der Waals surface area contributed by atoms with Crippen molar-refractivity contribution in [2.24, 2.45) is 0 Å². The van der Waals surface area contributed by atoms with Crippen LogP contribution < -0.4 is 0 Å². The summed E-state index contributed by atoms with van der Waals surface area (Å²) in [6.07, 6.45) is 0. The van der Waals surface area contributed by atoms with Gasteiger partial charge >= 0.3 is 0 Å². The molecule has 0 bridgehead atoms. The number of thiazole rings is 1. The van der Waals surface area contributed by atoms with E-state index in [2.05, 4.69) is 15.2 Å². The number of carbonyl (C=O) groups excluding carboxylic acids is 1. The van der Waals surface area contributed by atoms with E-state index in [-0.39, 0.29) is 11.7 Å². The molecule has 0 aliphatic carbocycles. The molecule has 2 aliphatic rings. The molecule has 2 fully saturated rings. The van der Waals surface area contributed by atoms with E-state index in [1.54, 1.807) is 23.5 Å². The summed E-state index contributed by atoms with van der Waals surface area (Å²) in [5.41, 5.74) is 1.99. The fourth-order valence-corrected chi connectivity index (χ4v) is 4.36. The molecular formula is C20H25FN4O2S. The fraction of sp³-hybridized carbons (Fsp3) is 0.500. The van der Waals surface area contributed by atoms with Crippen LogP contribution in [0.25, 0.3) is 10.6 Å². The number of hydrogen-bond acceptors (Lipinski definition) is 6. The molecule has 0 unspecified atom stereocenters. The second kappa shape index (κ2) is 9.09. The van der Waals surface area contributed by atoms with Gasteiger partial charge in [0.25, 0.3) is 0 Å². The lowest BCUT2D eigenvalue weighted by Crippen LogP contribution is -2.51. The normalized spacial score (nSPS) is 19.1. The molecule has 6 nitrogen and oxygen atoms in total. The van der Waals surface area contributed by atoms with Gasteiger partial charge < -0.3 is 9.64 Å². The number of nitrogens with zero attached hydrogens (tertiary/aromatic N) is 4. The van der Waals surface area contributed by atoms with Crippen molar-refractivity contribution < 1.29 is 13.9 Å². The first-order valence-electron chi connectivity index (χ1n) is 9.68. The number of piperazine rings is 1. The minimum atomic E-state index is -0.231. The molecule has 1 aromatic heterocycles. The van der Waals surface area contributed by atoms with Gasteiger partial charge in [-0.25, -0.2) is 9.37 Å². The Morgan fingerprint density at radius 2 is 1.71 bits per heavy atom. The number of aromatic nitrogens is 1. The lowest BCUT2D eigenvalue weighted by atomic mass is 10.2. The second-order valence-electron chi connectivity index (χ2n) is 7.20. The van der Waals surface area contributed by atoms with E-state index in [0.29, 0.717) is 32.8 Å². The molecule has 4 rings (SSSR count). The Hall–Kier alpha value is -1.87. The number of rotatable bonds is 5. The van der Waals surface area contributed by atoms with Crippen molar-refractivity contribution in [3.05, 3.63) is 41.2 Å². The summed E-state index contributed by atoms with van der Waals surface area (Å²) in [7, 11) is 0. The summed E-state index contributed by atoms with van der Waals surface area (Å²) >= 11 is 1.59. The fourth-order valence-electron chi connectivity index (χ4n) is 3.54. The summed E-state index contributed by atoms with van der Waals surface area (Å²) in [5.74, 6) is -0.0225. The smallest absolute Gasteiger partial charge is 0.236 e. The quantitative estimate of drug-likeness (QED) is 0.762. The molecule has 1 aromatic carbocycles. The third kappa shape index (κ3) is 4.94. The van der Waals surface area contributed by atoms with Gasteiger partial charge in [0.15, 0.2) is 0 Å². The van der Waals surface area contributed by atoms with Crippen LogP contribution >= 0.6 is 11.3 Å². The molecule has 0 spiro atoms. The molecule has 2 saturated heterocycles. The van der Waals surface area contributed by atoms with Crippen molar-refractivity contribution >= 4 is 17.2 Å². The molecule has 2 aliphatic heterocycles. The summed E-state index contributed by atoms with van der Waals surface area (Å²) in [6.45, 7) is 7.66. The SMILES string of the molecule is O=C(CN1CCN(Cc2csc(-c3ccc(F)cc3)n2)CC1)N1CCOCC1. The van der Waals surface area contributed by atoms with Gasteiger partial charge in [0, 0.05) is 56.8 Å². The van der Waals surface area contributed by atoms with Crippen LogP contribution in [0.2, 0.25) is 0 Å². The first kappa shape index (κ1) is 19.4. The summed E-state index contributed by atoms with van der Waals surface area (Å²) in [6, 6.07) is 6.46. The zero-order valence-electron chi connectivity index (χ0n) is 15.8. The van der Waals surface area contributed by atoms with Gasteiger partial charge in [0.1, 0.15) is 10.8 Å². The molecule has 150 valence electrons. The van der Waals surface area contributed by atoms with Gasteiger partial charge in [-0.15, -0.1) is 11.3 Å². The Bertz CT molecular complexity index is 784. The van der Waals surface area contributed by atoms with Crippen LogP contribution in [0, 0.1) is 5.82 Å². The number of hydrogen-bond donors (Lipinski definition) is 0. The predicted octanol–water partition coefficient (Wildman–Crippen LogP) is 1.93. The highest BCUT2D eigenvalue weighted by molar-refractivity contribution is 7.13. The summed E-state index contributed by atoms with van der Waals surface area (Å²) < 4.78 is 18.4. The number of halogens is 1. The predicted molar refractivity (Wildman–Crippen MR) is 107 cm³/mol. The number of amides is 1. The maximum absolute atomic E-state index is 13.1. The minimum absolute atomic E-state index is 0.209. The van der Waals surface area contributed by atoms with Crippen molar-refractivity contribution in [1.29, 1.82) is 0 Å². The van der Waals surface area contributed by atoms with Crippen molar-refractivity contribution in [3.8, 4) is 10.6 Å². The number of carbonyl (C=O) groups is 1. The van der Waals surface area contributed by atoms with E-state index < -0.39 is 0 Å². The lowest BCUT2D eigenvalue weighted by molar-refractivity contribution is -0.136. The van der Waals surface area contributed by atoms with Crippen LogP contribution in [0.5, 0.6) is 0 Å². The maximum Gasteiger partial charge on any atom is 0.236 e. The van der Waals surface area contributed by atoms with E-state index >= 15 is 0 Å². The zero-order valence-corrected chi connectivity index (χ0v) is 16.7. The Balaban J connectivity index is 1.24. The average Bonchev–Trinajstić information content (AvgIpc) is 3.19. The van der Waals surface area contributed by atoms with Crippen molar-refractivity contribution in [1.82, 2.24) is 19.7 Å². The summed E-state index contributed by atoms with van der Waals surface area (Å²) in [4.78, 5) is 23.6. The Labute approximate surface area is 168 Å². The van der Waals surface area contributed by atoms with E-state index in [9.17, 15) is 9.18 Å². The third-order valence-electron chi connectivity index (χ3n) is 5.22. The van der Waals surface area contributed by atoms with Crippen LogP contribution in [0.3, 0.4) is 0 Å². The van der Waals surface area contributed by atoms with Crippen LogP contribution in [0.1, 0.15) is 5.69 Å². The molecule has 1 amide bonds. The van der Waals surface area contributed by atoms with Gasteiger partial charge in [-0.2, -0.15) is 0 Å². The average molecular weight is 405 g/mol. The number of benzene rings is 1. The van der Waals surface area contributed by atoms with Gasteiger partial charge in [0.05, 0.1) is 25.5 Å². The number of ether oxygens (including phenoxy) is 1. The van der Waals surface area contributed by atoms with Crippen LogP contribution in [-0.2, 0) is 16.1 Å². The van der Waals surface area contributed by atoms with E-state index in [1.165, 1.54) is 12.1 Å². The molecule has 0 radical (unpaired) electrons. The van der Waals surface area contributed by atoms with Crippen molar-refractivity contribution in [2.75, 3.05) is 59.0 Å². The second-order valence-corrected chi connectivity index (χ2v) is 8.05. The molecule has 0 N–H and O–H groups in total. The largest absolute Gasteiger partial charge is 0.378 e. The van der Waals surface area contributed by atoms with Gasteiger partial charge in [-0.3, -0.25) is 14.6 Å². The molecule has 0 atom stereocenters. The van der Waals surface area contributed by atoms with Crippen LogP contribution in [0.4, 0.5) is 4.39 Å². The standard InChI is InChI=1S/C20H25FN4O2S/c21-17-3-1-16(2-4-17)20-22-18(15-28-20)13-23-5-7-24(8-6-23)14-19(26)25-9-11-27-12-10-25/h1-4,15H,5-14H2. The summed E-state index contributed by atoms with van der Waals surface area (Å²) in [5, 5.41) is 3.00. The van der Waals surface area contributed by atoms with Crippen molar-refractivity contribution in [2.45, 2.75) is 6.54 Å². The highest BCUT2D eigenvalue weighted by Gasteiger charge is 2.23. The maximum atomic E-state index is 13.1. The van der Waals surface area contributed by atoms with Crippen molar-refractivity contribution in [3.63, 3.8) is 0 Å². The molecule has 3 heterocycles. The lowest BCUT2D eigenvalue weighted by Gasteiger charge is -2.35. The van der Waals surface area contributed by atoms with Crippen LogP contribution in [0.15, 0.2) is 29.6 Å². The van der Waals surface area contributed by atoms with E-state index in [0.717, 1.165) is 49.0 Å². The highest BCUT2D eigenvalue weighted by atomic mass is 32.1. The van der Waals surface area contributed by atoms with Crippen LogP contribution in [-0.4, -0.2) is 84.6 Å². The van der Waals surface area contributed by atoms with E-state index in [1.807, 2.05) is 4.90 Å². The topological polar surface area (TPSA) is 48.9 Å². The molecule has 0 saturated carbocycles. The monoisotopic (exact) mass is 404 g/mol. The van der Waals surface area contributed by atoms with E-state index in [4.69, 9.17) is 9.72 Å². The van der Waals surface area contributed by atoms with Gasteiger partial charge in [0.2, 0.25) is 5.91 Å². The Morgan fingerprint density at radius 3 is 2.43 bits per heavy atom. The Kier molecular flexibility index (Phi) is 6.31. The Morgan fingerprint density at radius 1 is 1.04 bits per heavy atom. The molecular weight excluding hydrogens is 379 g/mol. The first-order valence-corrected chi connectivity index (χ1v) is 10.6. The first-order chi connectivity index (χ1) is 13.7. The van der Waals surface area contributed by atoms with Gasteiger partial charge in [-0.05, 0) is 24.3 Å².